The number of carbonyl (C=O) groups excluding carboxylic acids is 2. The van der Waals surface area contributed by atoms with Crippen LogP contribution in [0.25, 0.3) is 11.1 Å². The summed E-state index contributed by atoms with van der Waals surface area (Å²) in [6, 6.07) is 8.39. The molecule has 0 bridgehead atoms. The Balaban J connectivity index is 1.42. The van der Waals surface area contributed by atoms with Gasteiger partial charge in [-0.3, -0.25) is 20.2 Å². The summed E-state index contributed by atoms with van der Waals surface area (Å²) in [6.45, 7) is 0.565. The molecule has 2 amide bonds. The SMILES string of the molecule is O=C1N[C@@H](c2cccc(-c3cccc([C@@H]4NC(=O)[C@@H]5CCC[N+]54[O-])c3O)c2O)[N+]2([O-])CCC[C@@H]12. The van der Waals surface area contributed by atoms with Crippen molar-refractivity contribution in [3.8, 4) is 22.6 Å². The monoisotopic (exact) mass is 466 g/mol. The molecule has 10 nitrogen and oxygen atoms in total. The number of quaternary nitrogens is 2. The highest BCUT2D eigenvalue weighted by molar-refractivity contribution is 5.85. The van der Waals surface area contributed by atoms with Crippen molar-refractivity contribution >= 4 is 11.8 Å². The Labute approximate surface area is 195 Å². The predicted octanol–water partition coefficient (Wildman–Crippen LogP) is 1.98. The first-order valence-electron chi connectivity index (χ1n) is 11.7. The predicted molar refractivity (Wildman–Crippen MR) is 120 cm³/mol. The van der Waals surface area contributed by atoms with E-state index in [1.54, 1.807) is 36.4 Å². The van der Waals surface area contributed by atoms with Crippen LogP contribution in [0.3, 0.4) is 0 Å². The van der Waals surface area contributed by atoms with Crippen LogP contribution in [0.4, 0.5) is 0 Å². The van der Waals surface area contributed by atoms with Gasteiger partial charge in [-0.1, -0.05) is 24.3 Å². The highest BCUT2D eigenvalue weighted by atomic mass is 16.6. The van der Waals surface area contributed by atoms with Crippen molar-refractivity contribution < 1.29 is 29.1 Å². The lowest BCUT2D eigenvalue weighted by Gasteiger charge is -2.42. The number of amides is 2. The van der Waals surface area contributed by atoms with Crippen LogP contribution in [-0.4, -0.2) is 56.5 Å². The van der Waals surface area contributed by atoms with E-state index in [9.17, 15) is 30.2 Å². The van der Waals surface area contributed by atoms with Crippen molar-refractivity contribution in [2.24, 2.45) is 0 Å². The number of hydroxylamine groups is 6. The smallest absolute Gasteiger partial charge is 0.283 e. The third kappa shape index (κ3) is 2.70. The lowest BCUT2D eigenvalue weighted by Crippen LogP contribution is -2.45. The molecule has 0 spiro atoms. The fourth-order valence-electron chi connectivity index (χ4n) is 6.39. The van der Waals surface area contributed by atoms with Gasteiger partial charge in [0.05, 0.1) is 24.2 Å². The topological polar surface area (TPSA) is 145 Å². The van der Waals surface area contributed by atoms with E-state index in [0.29, 0.717) is 25.7 Å². The van der Waals surface area contributed by atoms with Gasteiger partial charge in [0.15, 0.2) is 24.4 Å². The minimum atomic E-state index is -0.930. The van der Waals surface area contributed by atoms with E-state index >= 15 is 0 Å². The Morgan fingerprint density at radius 3 is 1.56 bits per heavy atom. The van der Waals surface area contributed by atoms with Gasteiger partial charge in [-0.25, -0.2) is 0 Å². The van der Waals surface area contributed by atoms with Crippen molar-refractivity contribution in [2.75, 3.05) is 13.1 Å². The van der Waals surface area contributed by atoms with Gasteiger partial charge in [0.1, 0.15) is 11.5 Å². The van der Waals surface area contributed by atoms with Crippen molar-refractivity contribution in [1.82, 2.24) is 10.6 Å². The van der Waals surface area contributed by atoms with Gasteiger partial charge in [0.25, 0.3) is 11.8 Å². The molecule has 0 saturated carbocycles. The number of nitrogens with one attached hydrogen (secondary N) is 2. The van der Waals surface area contributed by atoms with Crippen molar-refractivity contribution in [2.45, 2.75) is 50.1 Å². The summed E-state index contributed by atoms with van der Waals surface area (Å²) in [5, 5.41) is 54.9. The molecule has 4 saturated heterocycles. The zero-order chi connectivity index (χ0) is 23.8. The summed E-state index contributed by atoms with van der Waals surface area (Å²) in [5.74, 6) is -1.04. The molecule has 6 atom stereocenters. The minimum absolute atomic E-state index is 0.207. The number of nitrogens with zero attached hydrogens (tertiary/aromatic N) is 2. The highest BCUT2D eigenvalue weighted by Crippen LogP contribution is 2.49. The largest absolute Gasteiger partial charge is 0.630 e. The Morgan fingerprint density at radius 1 is 0.735 bits per heavy atom. The van der Waals surface area contributed by atoms with Crippen molar-refractivity contribution in [3.63, 3.8) is 0 Å². The third-order valence-corrected chi connectivity index (χ3v) is 8.08. The molecule has 4 N–H and O–H groups in total. The Hall–Kier alpha value is -3.18. The first-order chi connectivity index (χ1) is 16.3. The molecule has 4 aliphatic rings. The number of hydrogen-bond acceptors (Lipinski definition) is 6. The van der Waals surface area contributed by atoms with Gasteiger partial charge >= 0.3 is 0 Å². The second-order valence-corrected chi connectivity index (χ2v) is 9.78. The lowest BCUT2D eigenvalue weighted by atomic mass is 9.96. The number of hydrogen-bond donors (Lipinski definition) is 4. The molecular formula is C24H26N4O6. The Kier molecular flexibility index (Phi) is 4.50. The number of phenolic OH excluding ortho intramolecular Hbond substituents is 2. The number of rotatable bonds is 3. The second kappa shape index (κ2) is 7.16. The lowest BCUT2D eigenvalue weighted by molar-refractivity contribution is -0.907. The second-order valence-electron chi connectivity index (χ2n) is 9.78. The van der Waals surface area contributed by atoms with E-state index in [-0.39, 0.29) is 58.7 Å². The number of fused-ring (bicyclic) bond motifs is 2. The van der Waals surface area contributed by atoms with E-state index in [2.05, 4.69) is 10.6 Å². The van der Waals surface area contributed by atoms with E-state index in [1.165, 1.54) is 0 Å². The van der Waals surface area contributed by atoms with Crippen LogP contribution in [0.5, 0.6) is 11.5 Å². The summed E-state index contributed by atoms with van der Waals surface area (Å²) in [5.41, 5.74) is 1.13. The number of benzene rings is 2. The standard InChI is InChI=1S/C24H26N4O6/c29-19-13(5-1-7-15(19)21-25-23(31)17-9-3-11-27(17,21)33)14-6-2-8-16(20(14)30)22-26-24(32)18-10-4-12-28(18,22)34/h1-2,5-8,17-18,21-22,29-30H,3-4,9-12H2,(H,25,31)(H,26,32)/t17-,18-,21+,22+,27?,28?/m0/s1. The molecule has 0 aliphatic carbocycles. The highest BCUT2D eigenvalue weighted by Gasteiger charge is 2.54. The number of para-hydroxylation sites is 2. The van der Waals surface area contributed by atoms with E-state index in [4.69, 9.17) is 0 Å². The first kappa shape index (κ1) is 21.4. The van der Waals surface area contributed by atoms with Crippen LogP contribution in [0, 0.1) is 10.4 Å². The van der Waals surface area contributed by atoms with E-state index in [0.717, 1.165) is 0 Å². The molecule has 34 heavy (non-hydrogen) atoms. The van der Waals surface area contributed by atoms with Crippen LogP contribution in [0.15, 0.2) is 36.4 Å². The number of phenols is 2. The van der Waals surface area contributed by atoms with Crippen molar-refractivity contribution in [3.05, 3.63) is 57.9 Å². The van der Waals surface area contributed by atoms with Gasteiger partial charge in [-0.2, -0.15) is 0 Å². The average Bonchev–Trinajstić information content (AvgIpc) is 3.51. The zero-order valence-corrected chi connectivity index (χ0v) is 18.4. The van der Waals surface area contributed by atoms with Gasteiger partial charge < -0.3 is 29.9 Å². The van der Waals surface area contributed by atoms with Gasteiger partial charge in [0.2, 0.25) is 0 Å². The third-order valence-electron chi connectivity index (χ3n) is 8.08. The van der Waals surface area contributed by atoms with Gasteiger partial charge in [0, 0.05) is 36.8 Å². The maximum absolute atomic E-state index is 13.5. The molecule has 2 aromatic carbocycles. The van der Waals surface area contributed by atoms with Crippen LogP contribution in [-0.2, 0) is 9.59 Å². The van der Waals surface area contributed by atoms with E-state index in [1.807, 2.05) is 0 Å². The summed E-state index contributed by atoms with van der Waals surface area (Å²) < 4.78 is -1.49. The Bertz CT molecular complexity index is 1130. The molecule has 0 aromatic heterocycles. The molecule has 0 radical (unpaired) electrons. The molecule has 6 rings (SSSR count). The molecule has 4 heterocycles. The molecule has 4 aliphatic heterocycles. The van der Waals surface area contributed by atoms with Crippen molar-refractivity contribution in [1.29, 1.82) is 0 Å². The zero-order valence-electron chi connectivity index (χ0n) is 18.4. The molecule has 178 valence electrons. The summed E-state index contributed by atoms with van der Waals surface area (Å²) >= 11 is 0. The summed E-state index contributed by atoms with van der Waals surface area (Å²) in [4.78, 5) is 24.8. The van der Waals surface area contributed by atoms with Gasteiger partial charge in [-0.05, 0) is 12.1 Å². The molecule has 4 fully saturated rings. The molecule has 2 unspecified atom stereocenters. The van der Waals surface area contributed by atoms with Crippen LogP contribution in [0.2, 0.25) is 0 Å². The minimum Gasteiger partial charge on any atom is -0.630 e. The summed E-state index contributed by atoms with van der Waals surface area (Å²) in [7, 11) is 0. The van der Waals surface area contributed by atoms with Crippen LogP contribution < -0.4 is 10.6 Å². The number of carbonyl (C=O) groups is 2. The normalized spacial score (nSPS) is 36.3. The molecule has 2 aromatic rings. The first-order valence-corrected chi connectivity index (χ1v) is 11.7. The average molecular weight is 466 g/mol. The maximum Gasteiger partial charge on any atom is 0.283 e. The quantitative estimate of drug-likeness (QED) is 0.402. The fraction of sp³-hybridized carbons (Fsp3) is 0.417. The fourth-order valence-corrected chi connectivity index (χ4v) is 6.39. The van der Waals surface area contributed by atoms with Crippen LogP contribution in [0.1, 0.15) is 49.1 Å². The number of aromatic hydroxyl groups is 2. The molecular weight excluding hydrogens is 440 g/mol. The molecule has 10 heteroatoms. The maximum atomic E-state index is 13.5. The Morgan fingerprint density at radius 2 is 1.15 bits per heavy atom. The van der Waals surface area contributed by atoms with E-state index < -0.39 is 33.7 Å². The van der Waals surface area contributed by atoms with Gasteiger partial charge in [-0.15, -0.1) is 0 Å². The van der Waals surface area contributed by atoms with Crippen LogP contribution >= 0.6 is 0 Å². The summed E-state index contributed by atoms with van der Waals surface area (Å²) in [6.07, 6.45) is 0.451.